The Bertz CT molecular complexity index is 577. The maximum atomic E-state index is 13.2. The Hall–Kier alpha value is -1.51. The molecule has 19 heavy (non-hydrogen) atoms. The van der Waals surface area contributed by atoms with Crippen LogP contribution in [0.5, 0.6) is 0 Å². The molecule has 2 heterocycles. The SMILES string of the molecule is CC[C@]1(CO)O[C@@H](n2cc(F)c(=O)[nH]c2=O)C[C@@H]1O. The van der Waals surface area contributed by atoms with Crippen LogP contribution in [-0.2, 0) is 4.74 Å². The molecule has 3 atom stereocenters. The van der Waals surface area contributed by atoms with Crippen LogP contribution in [0.4, 0.5) is 4.39 Å². The summed E-state index contributed by atoms with van der Waals surface area (Å²) < 4.78 is 19.6. The van der Waals surface area contributed by atoms with E-state index in [-0.39, 0.29) is 6.42 Å². The smallest absolute Gasteiger partial charge is 0.330 e. The zero-order chi connectivity index (χ0) is 14.2. The number of nitrogens with one attached hydrogen (secondary N) is 1. The molecular weight excluding hydrogens is 259 g/mol. The van der Waals surface area contributed by atoms with E-state index in [1.807, 2.05) is 4.98 Å². The van der Waals surface area contributed by atoms with E-state index in [2.05, 4.69) is 0 Å². The number of ether oxygens (including phenoxy) is 1. The summed E-state index contributed by atoms with van der Waals surface area (Å²) in [6, 6.07) is 0. The van der Waals surface area contributed by atoms with Gasteiger partial charge in [-0.1, -0.05) is 6.92 Å². The van der Waals surface area contributed by atoms with E-state index in [0.717, 1.165) is 10.8 Å². The van der Waals surface area contributed by atoms with Gasteiger partial charge >= 0.3 is 5.69 Å². The third-order valence-corrected chi connectivity index (χ3v) is 3.50. The number of hydrogen-bond donors (Lipinski definition) is 3. The van der Waals surface area contributed by atoms with Crippen LogP contribution in [0.25, 0.3) is 0 Å². The zero-order valence-electron chi connectivity index (χ0n) is 10.3. The fourth-order valence-electron chi connectivity index (χ4n) is 2.22. The summed E-state index contributed by atoms with van der Waals surface area (Å²) in [5.41, 5.74) is -3.10. The Balaban J connectivity index is 2.38. The molecule has 0 saturated carbocycles. The summed E-state index contributed by atoms with van der Waals surface area (Å²) >= 11 is 0. The molecule has 1 fully saturated rings. The molecule has 0 aromatic carbocycles. The lowest BCUT2D eigenvalue weighted by Gasteiger charge is -2.28. The molecule has 0 radical (unpaired) electrons. The maximum Gasteiger partial charge on any atom is 0.330 e. The van der Waals surface area contributed by atoms with Crippen LogP contribution >= 0.6 is 0 Å². The molecule has 0 spiro atoms. The van der Waals surface area contributed by atoms with Crippen LogP contribution in [0, 0.1) is 5.82 Å². The van der Waals surface area contributed by atoms with Crippen LogP contribution < -0.4 is 11.2 Å². The molecule has 0 aliphatic carbocycles. The van der Waals surface area contributed by atoms with Crippen molar-refractivity contribution in [1.29, 1.82) is 0 Å². The summed E-state index contributed by atoms with van der Waals surface area (Å²) in [5, 5.41) is 19.2. The van der Waals surface area contributed by atoms with Crippen molar-refractivity contribution < 1.29 is 19.3 Å². The van der Waals surface area contributed by atoms with E-state index in [1.54, 1.807) is 6.92 Å². The average Bonchev–Trinajstić information content (AvgIpc) is 2.71. The van der Waals surface area contributed by atoms with Crippen LogP contribution in [0.3, 0.4) is 0 Å². The van der Waals surface area contributed by atoms with Crippen molar-refractivity contribution in [3.8, 4) is 0 Å². The highest BCUT2D eigenvalue weighted by Gasteiger charge is 2.47. The number of aromatic nitrogens is 2. The van der Waals surface area contributed by atoms with Crippen LogP contribution in [0.1, 0.15) is 26.0 Å². The number of halogens is 1. The van der Waals surface area contributed by atoms with Gasteiger partial charge in [-0.15, -0.1) is 0 Å². The van der Waals surface area contributed by atoms with Crippen LogP contribution in [0.2, 0.25) is 0 Å². The fourth-order valence-corrected chi connectivity index (χ4v) is 2.22. The van der Waals surface area contributed by atoms with Crippen LogP contribution in [0.15, 0.2) is 15.8 Å². The number of aliphatic hydroxyl groups excluding tert-OH is 2. The summed E-state index contributed by atoms with van der Waals surface area (Å²) in [4.78, 5) is 24.3. The van der Waals surface area contributed by atoms with Crippen molar-refractivity contribution in [3.63, 3.8) is 0 Å². The molecule has 8 heteroatoms. The predicted octanol–water partition coefficient (Wildman–Crippen LogP) is -0.903. The lowest BCUT2D eigenvalue weighted by Crippen LogP contribution is -2.42. The molecule has 1 aromatic rings. The van der Waals surface area contributed by atoms with Gasteiger partial charge in [0.2, 0.25) is 5.82 Å². The molecule has 0 unspecified atom stereocenters. The van der Waals surface area contributed by atoms with Crippen molar-refractivity contribution >= 4 is 0 Å². The highest BCUT2D eigenvalue weighted by Crippen LogP contribution is 2.37. The summed E-state index contributed by atoms with van der Waals surface area (Å²) in [7, 11) is 0. The van der Waals surface area contributed by atoms with E-state index in [9.17, 15) is 24.2 Å². The largest absolute Gasteiger partial charge is 0.393 e. The van der Waals surface area contributed by atoms with Crippen molar-refractivity contribution in [1.82, 2.24) is 9.55 Å². The second-order valence-corrected chi connectivity index (χ2v) is 4.54. The third kappa shape index (κ3) is 2.22. The maximum absolute atomic E-state index is 13.2. The van der Waals surface area contributed by atoms with Gasteiger partial charge in [0, 0.05) is 6.42 Å². The zero-order valence-corrected chi connectivity index (χ0v) is 10.3. The van der Waals surface area contributed by atoms with Crippen molar-refractivity contribution in [2.75, 3.05) is 6.61 Å². The van der Waals surface area contributed by atoms with E-state index < -0.39 is 41.6 Å². The first-order valence-corrected chi connectivity index (χ1v) is 5.91. The Kier molecular flexibility index (Phi) is 3.57. The lowest BCUT2D eigenvalue weighted by molar-refractivity contribution is -0.130. The van der Waals surface area contributed by atoms with E-state index in [0.29, 0.717) is 6.42 Å². The minimum atomic E-state index is -1.17. The molecule has 1 saturated heterocycles. The van der Waals surface area contributed by atoms with E-state index >= 15 is 0 Å². The molecular formula is C11H15FN2O5. The van der Waals surface area contributed by atoms with Gasteiger partial charge < -0.3 is 14.9 Å². The van der Waals surface area contributed by atoms with Gasteiger partial charge in [-0.2, -0.15) is 4.39 Å². The molecule has 1 aliphatic rings. The number of aromatic amines is 1. The molecule has 2 rings (SSSR count). The first-order valence-electron chi connectivity index (χ1n) is 5.91. The molecule has 1 aromatic heterocycles. The topological polar surface area (TPSA) is 105 Å². The normalized spacial score (nSPS) is 30.7. The standard InChI is InChI=1S/C11H15FN2O5/c1-2-11(5-15)7(16)3-8(19-11)14-4-6(12)9(17)13-10(14)18/h4,7-8,15-16H,2-3,5H2,1H3,(H,13,17,18)/t7-,8+,11+/m0/s1. The first-order chi connectivity index (χ1) is 8.93. The van der Waals surface area contributed by atoms with Crippen molar-refractivity contribution in [3.05, 3.63) is 32.9 Å². The fraction of sp³-hybridized carbons (Fsp3) is 0.636. The van der Waals surface area contributed by atoms with E-state index in [4.69, 9.17) is 4.74 Å². The van der Waals surface area contributed by atoms with Gasteiger partial charge in [-0.25, -0.2) is 4.79 Å². The summed E-state index contributed by atoms with van der Waals surface area (Å²) in [6.07, 6.45) is -0.807. The second kappa shape index (κ2) is 4.87. The lowest BCUT2D eigenvalue weighted by atomic mass is 9.95. The van der Waals surface area contributed by atoms with Gasteiger partial charge in [0.25, 0.3) is 5.56 Å². The number of aliphatic hydroxyl groups is 2. The van der Waals surface area contributed by atoms with Crippen LogP contribution in [-0.4, -0.2) is 38.1 Å². The molecule has 106 valence electrons. The number of rotatable bonds is 3. The molecule has 0 bridgehead atoms. The minimum absolute atomic E-state index is 0.0276. The number of hydrogen-bond acceptors (Lipinski definition) is 5. The Morgan fingerprint density at radius 1 is 1.63 bits per heavy atom. The molecule has 3 N–H and O–H groups in total. The first kappa shape index (κ1) is 13.9. The quantitative estimate of drug-likeness (QED) is 0.662. The monoisotopic (exact) mass is 274 g/mol. The Morgan fingerprint density at radius 3 is 2.84 bits per heavy atom. The predicted molar refractivity (Wildman–Crippen MR) is 62.1 cm³/mol. The summed E-state index contributed by atoms with van der Waals surface area (Å²) in [6.45, 7) is 1.31. The number of nitrogens with zero attached hydrogens (tertiary/aromatic N) is 1. The summed E-state index contributed by atoms with van der Waals surface area (Å²) in [5.74, 6) is -1.12. The average molecular weight is 274 g/mol. The van der Waals surface area contributed by atoms with Crippen molar-refractivity contribution in [2.24, 2.45) is 0 Å². The highest BCUT2D eigenvalue weighted by molar-refractivity contribution is 4.97. The molecule has 0 amide bonds. The van der Waals surface area contributed by atoms with Gasteiger partial charge in [-0.05, 0) is 6.42 Å². The van der Waals surface area contributed by atoms with Gasteiger partial charge in [0.15, 0.2) is 0 Å². The molecule has 1 aliphatic heterocycles. The van der Waals surface area contributed by atoms with E-state index in [1.165, 1.54) is 0 Å². The second-order valence-electron chi connectivity index (χ2n) is 4.54. The van der Waals surface area contributed by atoms with Crippen molar-refractivity contribution in [2.45, 2.75) is 37.7 Å². The Labute approximate surface area is 107 Å². The highest BCUT2D eigenvalue weighted by atomic mass is 19.1. The molecule has 7 nitrogen and oxygen atoms in total. The van der Waals surface area contributed by atoms with Gasteiger partial charge in [-0.3, -0.25) is 14.3 Å². The third-order valence-electron chi connectivity index (χ3n) is 3.50. The number of H-pyrrole nitrogens is 1. The van der Waals surface area contributed by atoms with Gasteiger partial charge in [0.1, 0.15) is 11.8 Å². The Morgan fingerprint density at radius 2 is 2.32 bits per heavy atom. The minimum Gasteiger partial charge on any atom is -0.393 e. The van der Waals surface area contributed by atoms with Gasteiger partial charge in [0.05, 0.1) is 18.9 Å².